The zero-order valence-corrected chi connectivity index (χ0v) is 13.0. The van der Waals surface area contributed by atoms with Crippen molar-refractivity contribution in [1.82, 2.24) is 15.6 Å². The molecule has 0 unspecified atom stereocenters. The molecule has 2 aromatic rings. The van der Waals surface area contributed by atoms with Crippen LogP contribution in [0.25, 0.3) is 0 Å². The van der Waals surface area contributed by atoms with Gasteiger partial charge in [0.25, 0.3) is 5.91 Å². The largest absolute Gasteiger partial charge is 0.352 e. The Balaban J connectivity index is 1.70. The van der Waals surface area contributed by atoms with Crippen LogP contribution in [-0.4, -0.2) is 24.0 Å². The van der Waals surface area contributed by atoms with Gasteiger partial charge in [0.1, 0.15) is 0 Å². The molecule has 23 heavy (non-hydrogen) atoms. The second-order valence-electron chi connectivity index (χ2n) is 4.89. The molecule has 0 atom stereocenters. The van der Waals surface area contributed by atoms with Crippen molar-refractivity contribution in [3.05, 3.63) is 64.4 Å². The Morgan fingerprint density at radius 3 is 2.74 bits per heavy atom. The second-order valence-corrected chi connectivity index (χ2v) is 5.30. The Kier molecular flexibility index (Phi) is 6.43. The first-order valence-electron chi connectivity index (χ1n) is 7.10. The van der Waals surface area contributed by atoms with E-state index in [2.05, 4.69) is 15.6 Å². The van der Waals surface area contributed by atoms with E-state index in [-0.39, 0.29) is 10.6 Å². The Morgan fingerprint density at radius 1 is 1.22 bits per heavy atom. The third kappa shape index (κ3) is 5.26. The molecule has 122 valence electrons. The number of rotatable bonds is 7. The van der Waals surface area contributed by atoms with Crippen LogP contribution in [0, 0.1) is 11.6 Å². The smallest absolute Gasteiger partial charge is 0.252 e. The van der Waals surface area contributed by atoms with Gasteiger partial charge in [-0.2, -0.15) is 0 Å². The van der Waals surface area contributed by atoms with Gasteiger partial charge in [0.15, 0.2) is 11.6 Å². The van der Waals surface area contributed by atoms with E-state index in [1.807, 2.05) is 12.1 Å². The molecule has 4 nitrogen and oxygen atoms in total. The average Bonchev–Trinajstić information content (AvgIpc) is 2.55. The summed E-state index contributed by atoms with van der Waals surface area (Å²) >= 11 is 5.74. The minimum absolute atomic E-state index is 0.0751. The van der Waals surface area contributed by atoms with Crippen LogP contribution in [0.15, 0.2) is 36.7 Å². The van der Waals surface area contributed by atoms with Crippen LogP contribution in [0.5, 0.6) is 0 Å². The molecule has 1 amide bonds. The topological polar surface area (TPSA) is 54.0 Å². The van der Waals surface area contributed by atoms with Crippen LogP contribution in [0.2, 0.25) is 5.02 Å². The molecule has 2 rings (SSSR count). The van der Waals surface area contributed by atoms with Gasteiger partial charge in [-0.05, 0) is 36.7 Å². The van der Waals surface area contributed by atoms with Crippen molar-refractivity contribution >= 4 is 17.5 Å². The van der Waals surface area contributed by atoms with Crippen molar-refractivity contribution in [3.63, 3.8) is 0 Å². The number of benzene rings is 1. The molecule has 0 aliphatic rings. The summed E-state index contributed by atoms with van der Waals surface area (Å²) < 4.78 is 26.1. The molecular formula is C16H16ClF2N3O. The maximum absolute atomic E-state index is 13.1. The van der Waals surface area contributed by atoms with E-state index in [0.29, 0.717) is 26.1 Å². The number of halogens is 3. The van der Waals surface area contributed by atoms with E-state index < -0.39 is 17.5 Å². The monoisotopic (exact) mass is 339 g/mol. The SMILES string of the molecule is O=C(NCCCNCc1cccnc1)c1cc(F)c(F)cc1Cl. The van der Waals surface area contributed by atoms with Crippen molar-refractivity contribution in [1.29, 1.82) is 0 Å². The Bertz CT molecular complexity index is 668. The number of carbonyl (C=O) groups is 1. The lowest BCUT2D eigenvalue weighted by molar-refractivity contribution is 0.0953. The summed E-state index contributed by atoms with van der Waals surface area (Å²) in [4.78, 5) is 15.9. The van der Waals surface area contributed by atoms with Crippen molar-refractivity contribution in [2.45, 2.75) is 13.0 Å². The van der Waals surface area contributed by atoms with E-state index in [1.54, 1.807) is 12.4 Å². The molecule has 0 aliphatic carbocycles. The summed E-state index contributed by atoms with van der Waals surface area (Å²) in [7, 11) is 0. The normalized spacial score (nSPS) is 10.6. The molecule has 1 aromatic carbocycles. The quantitative estimate of drug-likeness (QED) is 0.602. The lowest BCUT2D eigenvalue weighted by Gasteiger charge is -2.08. The van der Waals surface area contributed by atoms with Gasteiger partial charge in [-0.3, -0.25) is 9.78 Å². The van der Waals surface area contributed by atoms with E-state index in [4.69, 9.17) is 11.6 Å². The van der Waals surface area contributed by atoms with E-state index >= 15 is 0 Å². The zero-order chi connectivity index (χ0) is 16.7. The predicted molar refractivity (Wildman–Crippen MR) is 84.3 cm³/mol. The molecule has 1 aromatic heterocycles. The van der Waals surface area contributed by atoms with Gasteiger partial charge >= 0.3 is 0 Å². The van der Waals surface area contributed by atoms with Gasteiger partial charge in [0.05, 0.1) is 10.6 Å². The van der Waals surface area contributed by atoms with Crippen molar-refractivity contribution in [3.8, 4) is 0 Å². The molecule has 0 fully saturated rings. The van der Waals surface area contributed by atoms with Gasteiger partial charge < -0.3 is 10.6 Å². The van der Waals surface area contributed by atoms with Crippen LogP contribution in [0.4, 0.5) is 8.78 Å². The number of pyridine rings is 1. The number of nitrogens with one attached hydrogen (secondary N) is 2. The summed E-state index contributed by atoms with van der Waals surface area (Å²) in [5.74, 6) is -2.70. The summed E-state index contributed by atoms with van der Waals surface area (Å²) in [6, 6.07) is 5.42. The van der Waals surface area contributed by atoms with Crippen molar-refractivity contribution < 1.29 is 13.6 Å². The molecule has 0 saturated heterocycles. The number of hydrogen-bond donors (Lipinski definition) is 2. The number of carbonyl (C=O) groups excluding carboxylic acids is 1. The van der Waals surface area contributed by atoms with Crippen LogP contribution >= 0.6 is 11.6 Å². The van der Waals surface area contributed by atoms with Gasteiger partial charge in [-0.1, -0.05) is 17.7 Å². The Hall–Kier alpha value is -2.05. The van der Waals surface area contributed by atoms with Crippen LogP contribution in [0.3, 0.4) is 0 Å². The molecule has 0 spiro atoms. The molecule has 1 heterocycles. The summed E-state index contributed by atoms with van der Waals surface area (Å²) in [5, 5.41) is 5.72. The highest BCUT2D eigenvalue weighted by molar-refractivity contribution is 6.33. The first kappa shape index (κ1) is 17.3. The summed E-state index contributed by atoms with van der Waals surface area (Å²) in [6.45, 7) is 1.78. The van der Waals surface area contributed by atoms with Crippen LogP contribution in [0.1, 0.15) is 22.3 Å². The lowest BCUT2D eigenvalue weighted by atomic mass is 10.2. The van der Waals surface area contributed by atoms with E-state index in [1.165, 1.54) is 0 Å². The first-order chi connectivity index (χ1) is 11.1. The minimum atomic E-state index is -1.10. The fourth-order valence-electron chi connectivity index (χ4n) is 1.94. The van der Waals surface area contributed by atoms with E-state index in [9.17, 15) is 13.6 Å². The maximum atomic E-state index is 13.1. The second kappa shape index (κ2) is 8.55. The average molecular weight is 340 g/mol. The molecule has 0 bridgehead atoms. The summed E-state index contributed by atoms with van der Waals surface area (Å²) in [5.41, 5.74) is 0.999. The summed E-state index contributed by atoms with van der Waals surface area (Å²) in [6.07, 6.45) is 4.18. The number of hydrogen-bond acceptors (Lipinski definition) is 3. The standard InChI is InChI=1S/C16H16ClF2N3O/c17-13-8-15(19)14(18)7-12(13)16(23)22-6-2-5-21-10-11-3-1-4-20-9-11/h1,3-4,7-9,21H,2,5-6,10H2,(H,22,23). The van der Waals surface area contributed by atoms with Crippen LogP contribution in [-0.2, 0) is 6.54 Å². The van der Waals surface area contributed by atoms with Crippen LogP contribution < -0.4 is 10.6 Å². The molecule has 0 saturated carbocycles. The van der Waals surface area contributed by atoms with Gasteiger partial charge in [-0.15, -0.1) is 0 Å². The zero-order valence-electron chi connectivity index (χ0n) is 12.3. The molecule has 0 aliphatic heterocycles. The predicted octanol–water partition coefficient (Wildman–Crippen LogP) is 2.92. The van der Waals surface area contributed by atoms with Crippen molar-refractivity contribution in [2.75, 3.05) is 13.1 Å². The molecule has 2 N–H and O–H groups in total. The third-order valence-corrected chi connectivity index (χ3v) is 3.44. The number of amides is 1. The Labute approximate surface area is 137 Å². The minimum Gasteiger partial charge on any atom is -0.352 e. The molecule has 0 radical (unpaired) electrons. The van der Waals surface area contributed by atoms with Gasteiger partial charge in [0.2, 0.25) is 0 Å². The number of aromatic nitrogens is 1. The van der Waals surface area contributed by atoms with Gasteiger partial charge in [0, 0.05) is 25.5 Å². The number of nitrogens with zero attached hydrogens (tertiary/aromatic N) is 1. The highest BCUT2D eigenvalue weighted by atomic mass is 35.5. The first-order valence-corrected chi connectivity index (χ1v) is 7.48. The maximum Gasteiger partial charge on any atom is 0.252 e. The molecule has 7 heteroatoms. The molecular weight excluding hydrogens is 324 g/mol. The fourth-order valence-corrected chi connectivity index (χ4v) is 2.18. The third-order valence-electron chi connectivity index (χ3n) is 3.12. The Morgan fingerprint density at radius 2 is 2.00 bits per heavy atom. The van der Waals surface area contributed by atoms with Gasteiger partial charge in [-0.25, -0.2) is 8.78 Å². The van der Waals surface area contributed by atoms with Crippen molar-refractivity contribution in [2.24, 2.45) is 0 Å². The van der Waals surface area contributed by atoms with E-state index in [0.717, 1.165) is 17.7 Å². The highest BCUT2D eigenvalue weighted by Gasteiger charge is 2.14. The highest BCUT2D eigenvalue weighted by Crippen LogP contribution is 2.19. The lowest BCUT2D eigenvalue weighted by Crippen LogP contribution is -2.27. The fraction of sp³-hybridized carbons (Fsp3) is 0.250.